The van der Waals surface area contributed by atoms with Crippen LogP contribution in [0.1, 0.15) is 17.2 Å². The third-order valence-electron chi connectivity index (χ3n) is 5.45. The van der Waals surface area contributed by atoms with Gasteiger partial charge in [-0.25, -0.2) is 17.5 Å². The number of methoxy groups -OCH3 is 2. The Balaban J connectivity index is 2.02. The maximum atomic E-state index is 13.7. The van der Waals surface area contributed by atoms with Crippen LogP contribution >= 0.6 is 0 Å². The van der Waals surface area contributed by atoms with Crippen LogP contribution in [0, 0.1) is 6.92 Å². The Kier molecular flexibility index (Phi) is 5.48. The van der Waals surface area contributed by atoms with Crippen molar-refractivity contribution < 1.29 is 27.5 Å². The molecule has 3 aromatic carbocycles. The van der Waals surface area contributed by atoms with Crippen LogP contribution in [0.2, 0.25) is 0 Å². The number of benzene rings is 3. The van der Waals surface area contributed by atoms with Crippen LogP contribution in [0.15, 0.2) is 83.0 Å². The van der Waals surface area contributed by atoms with E-state index < -0.39 is 27.9 Å². The van der Waals surface area contributed by atoms with Gasteiger partial charge < -0.3 is 9.47 Å². The molecular weight excluding hydrogens is 430 g/mol. The number of fused-ring (bicyclic) bond motifs is 1. The molecule has 1 unspecified atom stereocenters. The zero-order chi connectivity index (χ0) is 23.0. The summed E-state index contributed by atoms with van der Waals surface area (Å²) in [6, 6.07) is 17.6. The van der Waals surface area contributed by atoms with Gasteiger partial charge in [-0.2, -0.15) is 0 Å². The molecule has 3 aromatic rings. The molecule has 0 saturated carbocycles. The molecule has 164 valence electrons. The van der Waals surface area contributed by atoms with Crippen molar-refractivity contribution in [2.45, 2.75) is 17.9 Å². The lowest BCUT2D eigenvalue weighted by molar-refractivity contribution is -0.136. The third-order valence-corrected chi connectivity index (χ3v) is 7.21. The van der Waals surface area contributed by atoms with Gasteiger partial charge >= 0.3 is 11.9 Å². The van der Waals surface area contributed by atoms with Crippen molar-refractivity contribution in [1.82, 2.24) is 4.31 Å². The van der Waals surface area contributed by atoms with Crippen LogP contribution in [0.3, 0.4) is 0 Å². The van der Waals surface area contributed by atoms with Gasteiger partial charge in [-0.1, -0.05) is 60.2 Å². The first-order valence-corrected chi connectivity index (χ1v) is 11.2. The Labute approximate surface area is 185 Å². The minimum atomic E-state index is -4.33. The number of sulfonamides is 1. The molecule has 7 nitrogen and oxygen atoms in total. The number of hydrogen-bond donors (Lipinski definition) is 0. The highest BCUT2D eigenvalue weighted by molar-refractivity contribution is 7.89. The second-order valence-corrected chi connectivity index (χ2v) is 9.14. The Morgan fingerprint density at radius 3 is 2.25 bits per heavy atom. The first-order chi connectivity index (χ1) is 15.3. The predicted molar refractivity (Wildman–Crippen MR) is 118 cm³/mol. The molecule has 0 aromatic heterocycles. The molecule has 1 aliphatic heterocycles. The number of ether oxygens (including phenoxy) is 2. The molecule has 8 heteroatoms. The van der Waals surface area contributed by atoms with Gasteiger partial charge in [0, 0.05) is 0 Å². The van der Waals surface area contributed by atoms with E-state index in [9.17, 15) is 18.0 Å². The topological polar surface area (TPSA) is 90.0 Å². The molecule has 0 aliphatic carbocycles. The molecule has 0 radical (unpaired) electrons. The molecule has 32 heavy (non-hydrogen) atoms. The van der Waals surface area contributed by atoms with E-state index in [1.165, 1.54) is 26.4 Å². The zero-order valence-corrected chi connectivity index (χ0v) is 18.5. The summed E-state index contributed by atoms with van der Waals surface area (Å²) in [6.45, 7) is 1.83. The summed E-state index contributed by atoms with van der Waals surface area (Å²) in [5.74, 6) is -2.12. The van der Waals surface area contributed by atoms with Gasteiger partial charge in [0.1, 0.15) is 11.6 Å². The molecule has 0 fully saturated rings. The molecule has 0 spiro atoms. The number of carbonyl (C=O) groups excluding carboxylic acids is 2. The summed E-state index contributed by atoms with van der Waals surface area (Å²) in [4.78, 5) is 26.0. The molecular formula is C24H21NO6S. The second kappa shape index (κ2) is 8.12. The van der Waals surface area contributed by atoms with Crippen molar-refractivity contribution in [3.63, 3.8) is 0 Å². The van der Waals surface area contributed by atoms with Crippen molar-refractivity contribution in [2.24, 2.45) is 0 Å². The standard InChI is InChI=1S/C24H21NO6S/c1-15-11-13-17(14-12-15)32(28,29)25-21(20(24(27)31-3)22(30-2)23(25)26)19-10-6-8-16-7-4-5-9-18(16)19/h4-14,21H,1-3H3. The number of carbonyl (C=O) groups is 2. The van der Waals surface area contributed by atoms with Crippen LogP contribution in [-0.2, 0) is 29.1 Å². The lowest BCUT2D eigenvalue weighted by atomic mass is 9.95. The molecule has 0 N–H and O–H groups in total. The SMILES string of the molecule is COC(=O)C1=C(OC)C(=O)N(S(=O)(=O)c2ccc(C)cc2)C1c1cccc2ccccc12. The number of esters is 1. The van der Waals surface area contributed by atoms with E-state index in [0.29, 0.717) is 15.3 Å². The quantitative estimate of drug-likeness (QED) is 0.552. The van der Waals surface area contributed by atoms with Crippen molar-refractivity contribution in [1.29, 1.82) is 0 Å². The second-order valence-electron chi connectivity index (χ2n) is 7.33. The Bertz CT molecular complexity index is 1350. The fourth-order valence-electron chi connectivity index (χ4n) is 3.93. The smallest absolute Gasteiger partial charge is 0.340 e. The largest absolute Gasteiger partial charge is 0.491 e. The van der Waals surface area contributed by atoms with E-state index in [2.05, 4.69) is 0 Å². The maximum Gasteiger partial charge on any atom is 0.340 e. The van der Waals surface area contributed by atoms with Crippen LogP contribution in [0.4, 0.5) is 0 Å². The van der Waals surface area contributed by atoms with E-state index in [4.69, 9.17) is 9.47 Å². The predicted octanol–water partition coefficient (Wildman–Crippen LogP) is 3.49. The average molecular weight is 452 g/mol. The van der Waals surface area contributed by atoms with Crippen molar-refractivity contribution in [3.05, 3.63) is 89.2 Å². The fraction of sp³-hybridized carbons (Fsp3) is 0.167. The molecule has 1 heterocycles. The van der Waals surface area contributed by atoms with Crippen LogP contribution in [0.25, 0.3) is 10.8 Å². The highest BCUT2D eigenvalue weighted by atomic mass is 32.2. The monoisotopic (exact) mass is 451 g/mol. The maximum absolute atomic E-state index is 13.7. The van der Waals surface area contributed by atoms with E-state index in [1.807, 2.05) is 31.2 Å². The number of rotatable bonds is 5. The first kappa shape index (κ1) is 21.6. The normalized spacial score (nSPS) is 16.5. The Morgan fingerprint density at radius 1 is 0.938 bits per heavy atom. The van der Waals surface area contributed by atoms with Crippen LogP contribution in [-0.4, -0.2) is 38.8 Å². The highest BCUT2D eigenvalue weighted by Crippen LogP contribution is 2.44. The number of nitrogens with zero attached hydrogens (tertiary/aromatic N) is 1. The van der Waals surface area contributed by atoms with Gasteiger partial charge in [0.25, 0.3) is 10.0 Å². The van der Waals surface area contributed by atoms with Crippen molar-refractivity contribution in [2.75, 3.05) is 14.2 Å². The van der Waals surface area contributed by atoms with Gasteiger partial charge in [-0.3, -0.25) is 4.79 Å². The van der Waals surface area contributed by atoms with Crippen molar-refractivity contribution in [3.8, 4) is 0 Å². The van der Waals surface area contributed by atoms with Gasteiger partial charge in [0.2, 0.25) is 0 Å². The third kappa shape index (κ3) is 3.33. The van der Waals surface area contributed by atoms with E-state index >= 15 is 0 Å². The summed E-state index contributed by atoms with van der Waals surface area (Å²) in [6.07, 6.45) is 0. The lowest BCUT2D eigenvalue weighted by Gasteiger charge is -2.27. The number of hydrogen-bond acceptors (Lipinski definition) is 6. The minimum absolute atomic E-state index is 0.0664. The first-order valence-electron chi connectivity index (χ1n) is 9.80. The summed E-state index contributed by atoms with van der Waals surface area (Å²) < 4.78 is 38.2. The molecule has 1 atom stereocenters. The average Bonchev–Trinajstić information content (AvgIpc) is 3.11. The lowest BCUT2D eigenvalue weighted by Crippen LogP contribution is -2.37. The molecule has 4 rings (SSSR count). The minimum Gasteiger partial charge on any atom is -0.491 e. The fourth-order valence-corrected chi connectivity index (χ4v) is 5.43. The summed E-state index contributed by atoms with van der Waals surface area (Å²) in [5, 5.41) is 1.54. The van der Waals surface area contributed by atoms with Gasteiger partial charge in [-0.15, -0.1) is 0 Å². The zero-order valence-electron chi connectivity index (χ0n) is 17.7. The van der Waals surface area contributed by atoms with Crippen LogP contribution in [0.5, 0.6) is 0 Å². The van der Waals surface area contributed by atoms with Gasteiger partial charge in [0.15, 0.2) is 5.76 Å². The molecule has 0 bridgehead atoms. The highest BCUT2D eigenvalue weighted by Gasteiger charge is 2.51. The number of amides is 1. The molecule has 1 aliphatic rings. The van der Waals surface area contributed by atoms with E-state index in [1.54, 1.807) is 30.3 Å². The van der Waals surface area contributed by atoms with Gasteiger partial charge in [-0.05, 0) is 35.4 Å². The van der Waals surface area contributed by atoms with E-state index in [0.717, 1.165) is 10.9 Å². The van der Waals surface area contributed by atoms with Gasteiger partial charge in [0.05, 0.1) is 19.1 Å². The van der Waals surface area contributed by atoms with Crippen molar-refractivity contribution >= 4 is 32.7 Å². The van der Waals surface area contributed by atoms with Crippen LogP contribution < -0.4 is 0 Å². The Morgan fingerprint density at radius 2 is 1.59 bits per heavy atom. The molecule has 1 amide bonds. The number of aryl methyl sites for hydroxylation is 1. The summed E-state index contributed by atoms with van der Waals surface area (Å²) in [7, 11) is -1.94. The summed E-state index contributed by atoms with van der Waals surface area (Å²) in [5.41, 5.74) is 1.18. The Hall–Kier alpha value is -3.65. The molecule has 0 saturated heterocycles. The van der Waals surface area contributed by atoms with E-state index in [-0.39, 0.29) is 16.2 Å². The summed E-state index contributed by atoms with van der Waals surface area (Å²) >= 11 is 0.